The van der Waals surface area contributed by atoms with E-state index in [-0.39, 0.29) is 11.6 Å². The molecule has 0 spiro atoms. The van der Waals surface area contributed by atoms with Crippen molar-refractivity contribution in [1.82, 2.24) is 5.32 Å². The molecule has 0 bridgehead atoms. The molecule has 0 saturated heterocycles. The Morgan fingerprint density at radius 1 is 0.864 bits per heavy atom. The fraction of sp³-hybridized carbons (Fsp3) is 0.111. The second-order valence-electron chi connectivity index (χ2n) is 4.95. The lowest BCUT2D eigenvalue weighted by Gasteiger charge is -2.06. The van der Waals surface area contributed by atoms with Crippen LogP contribution in [0.4, 0.5) is 8.78 Å². The maximum atomic E-state index is 14.2. The summed E-state index contributed by atoms with van der Waals surface area (Å²) >= 11 is 1.49. The maximum Gasteiger partial charge on any atom is 0.131 e. The average Bonchev–Trinajstić information content (AvgIpc) is 2.92. The predicted molar refractivity (Wildman–Crippen MR) is 87.9 cm³/mol. The molecular formula is C18H15F2NS. The van der Waals surface area contributed by atoms with Gasteiger partial charge in [0.1, 0.15) is 11.6 Å². The van der Waals surface area contributed by atoms with Crippen molar-refractivity contribution in [2.45, 2.75) is 6.54 Å². The lowest BCUT2D eigenvalue weighted by atomic mass is 10.0. The Balaban J connectivity index is 2.21. The standard InChI is InChI=1S/C18H15F2NS/c1-21-11-12-10-15(13-6-2-4-8-16(13)19)18(22-12)14-7-3-5-9-17(14)20/h2-10,21H,11H2,1H3. The van der Waals surface area contributed by atoms with Crippen molar-refractivity contribution in [3.05, 3.63) is 71.1 Å². The molecule has 4 heteroatoms. The fourth-order valence-electron chi connectivity index (χ4n) is 2.43. The molecule has 0 fully saturated rings. The van der Waals surface area contributed by atoms with E-state index in [0.717, 1.165) is 15.3 Å². The average molecular weight is 315 g/mol. The van der Waals surface area contributed by atoms with Gasteiger partial charge in [-0.3, -0.25) is 0 Å². The third kappa shape index (κ3) is 2.80. The van der Waals surface area contributed by atoms with Crippen LogP contribution < -0.4 is 5.32 Å². The van der Waals surface area contributed by atoms with Crippen molar-refractivity contribution in [3.8, 4) is 21.6 Å². The molecule has 22 heavy (non-hydrogen) atoms. The first-order valence-corrected chi connectivity index (χ1v) is 7.79. The van der Waals surface area contributed by atoms with E-state index in [0.29, 0.717) is 17.7 Å². The van der Waals surface area contributed by atoms with Gasteiger partial charge in [0.05, 0.1) is 0 Å². The summed E-state index contributed by atoms with van der Waals surface area (Å²) in [5.41, 5.74) is 1.74. The Hall–Kier alpha value is -2.04. The monoisotopic (exact) mass is 315 g/mol. The van der Waals surface area contributed by atoms with Gasteiger partial charge in [0.15, 0.2) is 0 Å². The first-order valence-electron chi connectivity index (χ1n) is 6.98. The van der Waals surface area contributed by atoms with Crippen molar-refractivity contribution in [1.29, 1.82) is 0 Å². The molecule has 3 rings (SSSR count). The van der Waals surface area contributed by atoms with Crippen LogP contribution in [0.2, 0.25) is 0 Å². The smallest absolute Gasteiger partial charge is 0.131 e. The molecule has 112 valence electrons. The maximum absolute atomic E-state index is 14.2. The summed E-state index contributed by atoms with van der Waals surface area (Å²) in [6.45, 7) is 0.667. The van der Waals surface area contributed by atoms with Crippen molar-refractivity contribution in [2.24, 2.45) is 0 Å². The van der Waals surface area contributed by atoms with Crippen molar-refractivity contribution < 1.29 is 8.78 Å². The van der Waals surface area contributed by atoms with Crippen LogP contribution in [0.1, 0.15) is 4.88 Å². The highest BCUT2D eigenvalue weighted by Gasteiger charge is 2.17. The highest BCUT2D eigenvalue weighted by Crippen LogP contribution is 2.41. The molecule has 2 aromatic carbocycles. The summed E-state index contributed by atoms with van der Waals surface area (Å²) in [6.07, 6.45) is 0. The Labute approximate surface area is 132 Å². The first-order chi connectivity index (χ1) is 10.7. The van der Waals surface area contributed by atoms with Gasteiger partial charge in [-0.2, -0.15) is 0 Å². The molecule has 0 radical (unpaired) electrons. The number of benzene rings is 2. The van der Waals surface area contributed by atoms with Crippen molar-refractivity contribution in [3.63, 3.8) is 0 Å². The van der Waals surface area contributed by atoms with E-state index in [1.807, 2.05) is 13.1 Å². The number of halogens is 2. The zero-order valence-electron chi connectivity index (χ0n) is 12.1. The Morgan fingerprint density at radius 2 is 1.45 bits per heavy atom. The van der Waals surface area contributed by atoms with E-state index >= 15 is 0 Å². The third-order valence-corrected chi connectivity index (χ3v) is 4.58. The molecular weight excluding hydrogens is 300 g/mol. The normalized spacial score (nSPS) is 10.9. The summed E-state index contributed by atoms with van der Waals surface area (Å²) in [5, 5.41) is 3.08. The lowest BCUT2D eigenvalue weighted by molar-refractivity contribution is 0.629. The molecule has 0 aliphatic carbocycles. The molecule has 0 amide bonds. The summed E-state index contributed by atoms with van der Waals surface area (Å²) in [6, 6.07) is 15.1. The molecule has 0 unspecified atom stereocenters. The van der Waals surface area contributed by atoms with E-state index < -0.39 is 0 Å². The summed E-state index contributed by atoms with van der Waals surface area (Å²) in [5.74, 6) is -0.591. The summed E-state index contributed by atoms with van der Waals surface area (Å²) in [4.78, 5) is 1.80. The minimum atomic E-state index is -0.297. The largest absolute Gasteiger partial charge is 0.315 e. The van der Waals surface area contributed by atoms with Crippen LogP contribution in [0.3, 0.4) is 0 Å². The van der Waals surface area contributed by atoms with E-state index in [2.05, 4.69) is 5.32 Å². The number of hydrogen-bond donors (Lipinski definition) is 1. The highest BCUT2D eigenvalue weighted by molar-refractivity contribution is 7.16. The van der Waals surface area contributed by atoms with Gasteiger partial charge in [-0.1, -0.05) is 36.4 Å². The zero-order valence-corrected chi connectivity index (χ0v) is 12.9. The molecule has 3 aromatic rings. The lowest BCUT2D eigenvalue weighted by Crippen LogP contribution is -2.02. The number of thiophene rings is 1. The number of rotatable bonds is 4. The van der Waals surface area contributed by atoms with Crippen LogP contribution in [0.15, 0.2) is 54.6 Å². The van der Waals surface area contributed by atoms with E-state index in [1.165, 1.54) is 23.5 Å². The molecule has 0 aliphatic heterocycles. The second kappa shape index (κ2) is 6.38. The van der Waals surface area contributed by atoms with Crippen LogP contribution in [0.25, 0.3) is 21.6 Å². The summed E-state index contributed by atoms with van der Waals surface area (Å²) < 4.78 is 28.3. The summed E-state index contributed by atoms with van der Waals surface area (Å²) in [7, 11) is 1.85. The van der Waals surface area contributed by atoms with Crippen LogP contribution in [-0.4, -0.2) is 7.05 Å². The minimum absolute atomic E-state index is 0.294. The van der Waals surface area contributed by atoms with E-state index in [9.17, 15) is 8.78 Å². The fourth-order valence-corrected chi connectivity index (χ4v) is 3.64. The van der Waals surface area contributed by atoms with Crippen LogP contribution >= 0.6 is 11.3 Å². The van der Waals surface area contributed by atoms with Gasteiger partial charge in [0.25, 0.3) is 0 Å². The third-order valence-electron chi connectivity index (χ3n) is 3.42. The van der Waals surface area contributed by atoms with Gasteiger partial charge in [0.2, 0.25) is 0 Å². The van der Waals surface area contributed by atoms with Crippen molar-refractivity contribution >= 4 is 11.3 Å². The molecule has 0 aliphatic rings. The Morgan fingerprint density at radius 3 is 2.05 bits per heavy atom. The minimum Gasteiger partial charge on any atom is -0.315 e. The molecule has 1 heterocycles. The van der Waals surface area contributed by atoms with Gasteiger partial charge in [0, 0.05) is 33.0 Å². The number of hydrogen-bond acceptors (Lipinski definition) is 2. The zero-order chi connectivity index (χ0) is 15.5. The topological polar surface area (TPSA) is 12.0 Å². The van der Waals surface area contributed by atoms with E-state index in [4.69, 9.17) is 0 Å². The highest BCUT2D eigenvalue weighted by atomic mass is 32.1. The van der Waals surface area contributed by atoms with Gasteiger partial charge in [-0.25, -0.2) is 8.78 Å². The quantitative estimate of drug-likeness (QED) is 0.708. The molecule has 0 saturated carbocycles. The molecule has 1 nitrogen and oxygen atoms in total. The van der Waals surface area contributed by atoms with Crippen LogP contribution in [-0.2, 0) is 6.54 Å². The van der Waals surface area contributed by atoms with Gasteiger partial charge < -0.3 is 5.32 Å². The Bertz CT molecular complexity index is 732. The first kappa shape index (κ1) is 14.9. The predicted octanol–water partition coefficient (Wildman–Crippen LogP) is 5.08. The van der Waals surface area contributed by atoms with Crippen LogP contribution in [0, 0.1) is 11.6 Å². The van der Waals surface area contributed by atoms with Gasteiger partial charge in [-0.15, -0.1) is 11.3 Å². The van der Waals surface area contributed by atoms with E-state index in [1.54, 1.807) is 36.4 Å². The molecule has 1 aromatic heterocycles. The number of nitrogens with one attached hydrogen (secondary N) is 1. The molecule has 0 atom stereocenters. The Kier molecular flexibility index (Phi) is 4.32. The second-order valence-corrected chi connectivity index (χ2v) is 6.08. The SMILES string of the molecule is CNCc1cc(-c2ccccc2F)c(-c2ccccc2F)s1. The van der Waals surface area contributed by atoms with Crippen molar-refractivity contribution in [2.75, 3.05) is 7.05 Å². The van der Waals surface area contributed by atoms with Crippen LogP contribution in [0.5, 0.6) is 0 Å². The van der Waals surface area contributed by atoms with Gasteiger partial charge in [-0.05, 0) is 25.2 Å². The van der Waals surface area contributed by atoms with Gasteiger partial charge >= 0.3 is 0 Å². The molecule has 1 N–H and O–H groups in total.